The number of nitro groups is 1. The minimum absolute atomic E-state index is 0.00633. The van der Waals surface area contributed by atoms with Crippen molar-refractivity contribution in [3.63, 3.8) is 0 Å². The first-order valence-electron chi connectivity index (χ1n) is 8.82. The molecule has 0 atom stereocenters. The zero-order valence-corrected chi connectivity index (χ0v) is 16.3. The lowest BCUT2D eigenvalue weighted by Gasteiger charge is -2.16. The monoisotopic (exact) mass is 395 g/mol. The molecule has 1 heterocycles. The fraction of sp³-hybridized carbons (Fsp3) is 0.190. The molecule has 0 bridgehead atoms. The number of amides is 1. The highest BCUT2D eigenvalue weighted by atomic mass is 16.6. The van der Waals surface area contributed by atoms with Crippen LogP contribution in [0.25, 0.3) is 11.3 Å². The number of non-ortho nitro benzene ring substituents is 1. The molecule has 0 unspecified atom stereocenters. The van der Waals surface area contributed by atoms with Gasteiger partial charge in [0.15, 0.2) is 11.5 Å². The summed E-state index contributed by atoms with van der Waals surface area (Å²) in [5, 5.41) is 10.9. The van der Waals surface area contributed by atoms with Gasteiger partial charge < -0.3 is 19.8 Å². The maximum atomic E-state index is 11.9. The summed E-state index contributed by atoms with van der Waals surface area (Å²) in [6.45, 7) is 2.20. The smallest absolute Gasteiger partial charge is 0.269 e. The van der Waals surface area contributed by atoms with Crippen LogP contribution in [0.2, 0.25) is 0 Å². The van der Waals surface area contributed by atoms with E-state index in [4.69, 9.17) is 15.2 Å². The van der Waals surface area contributed by atoms with Crippen molar-refractivity contribution < 1.29 is 19.2 Å². The van der Waals surface area contributed by atoms with Crippen molar-refractivity contribution in [1.29, 1.82) is 0 Å². The summed E-state index contributed by atoms with van der Waals surface area (Å²) in [6, 6.07) is 13.4. The maximum absolute atomic E-state index is 11.9. The molecule has 150 valence electrons. The number of nitrogens with zero attached hydrogens (tertiary/aromatic N) is 2. The first kappa shape index (κ1) is 19.9. The molecule has 29 heavy (non-hydrogen) atoms. The summed E-state index contributed by atoms with van der Waals surface area (Å²) in [4.78, 5) is 22.4. The topological polar surface area (TPSA) is 110 Å². The molecule has 0 radical (unpaired) electrons. The number of nitrogens with two attached hydrogens (primary N) is 1. The fourth-order valence-corrected chi connectivity index (χ4v) is 3.34. The van der Waals surface area contributed by atoms with E-state index in [0.717, 1.165) is 16.8 Å². The quantitative estimate of drug-likeness (QED) is 0.486. The van der Waals surface area contributed by atoms with Crippen molar-refractivity contribution in [1.82, 2.24) is 4.57 Å². The number of benzene rings is 2. The van der Waals surface area contributed by atoms with E-state index >= 15 is 0 Å². The number of rotatable bonds is 7. The van der Waals surface area contributed by atoms with Gasteiger partial charge in [0.2, 0.25) is 0 Å². The molecule has 0 saturated carbocycles. The Kier molecular flexibility index (Phi) is 5.54. The van der Waals surface area contributed by atoms with Gasteiger partial charge in [0, 0.05) is 29.1 Å². The molecule has 0 spiro atoms. The molecular formula is C21H21N3O5. The molecule has 8 nitrogen and oxygen atoms in total. The van der Waals surface area contributed by atoms with Gasteiger partial charge >= 0.3 is 0 Å². The number of para-hydroxylation sites is 1. The first-order chi connectivity index (χ1) is 13.9. The molecule has 2 N–H and O–H groups in total. The molecule has 1 amide bonds. The van der Waals surface area contributed by atoms with Gasteiger partial charge in [-0.25, -0.2) is 0 Å². The highest BCUT2D eigenvalue weighted by Crippen LogP contribution is 2.34. The van der Waals surface area contributed by atoms with E-state index in [1.165, 1.54) is 12.1 Å². The second-order valence-electron chi connectivity index (χ2n) is 6.44. The van der Waals surface area contributed by atoms with Crippen LogP contribution in [0.15, 0.2) is 48.5 Å². The molecular weight excluding hydrogens is 374 g/mol. The number of carbonyl (C=O) groups excluding carboxylic acids is 1. The summed E-state index contributed by atoms with van der Waals surface area (Å²) in [7, 11) is 3.13. The second-order valence-corrected chi connectivity index (χ2v) is 6.44. The Bertz CT molecular complexity index is 1070. The van der Waals surface area contributed by atoms with E-state index in [1.54, 1.807) is 38.5 Å². The van der Waals surface area contributed by atoms with E-state index in [1.807, 2.05) is 23.6 Å². The number of methoxy groups -OCH3 is 2. The number of hydrogen-bond acceptors (Lipinski definition) is 5. The number of carbonyl (C=O) groups is 1. The maximum Gasteiger partial charge on any atom is 0.269 e. The Balaban J connectivity index is 2.14. The minimum atomic E-state index is -0.540. The second kappa shape index (κ2) is 8.05. The zero-order valence-electron chi connectivity index (χ0n) is 16.3. The number of hydrogen-bond donors (Lipinski definition) is 1. The molecule has 3 aromatic rings. The third-order valence-electron chi connectivity index (χ3n) is 4.82. The van der Waals surface area contributed by atoms with Gasteiger partial charge in [0.25, 0.3) is 11.6 Å². The van der Waals surface area contributed by atoms with Gasteiger partial charge in [-0.05, 0) is 36.8 Å². The molecule has 8 heteroatoms. The Morgan fingerprint density at radius 2 is 1.83 bits per heavy atom. The van der Waals surface area contributed by atoms with Crippen LogP contribution >= 0.6 is 0 Å². The Hall–Kier alpha value is -3.81. The fourth-order valence-electron chi connectivity index (χ4n) is 3.34. The van der Waals surface area contributed by atoms with E-state index in [2.05, 4.69) is 0 Å². The molecule has 0 fully saturated rings. The van der Waals surface area contributed by atoms with E-state index < -0.39 is 10.8 Å². The van der Waals surface area contributed by atoms with Crippen molar-refractivity contribution in [2.75, 3.05) is 14.2 Å². The van der Waals surface area contributed by atoms with Crippen LogP contribution < -0.4 is 15.2 Å². The Morgan fingerprint density at radius 3 is 2.38 bits per heavy atom. The average Bonchev–Trinajstić information content (AvgIpc) is 3.04. The van der Waals surface area contributed by atoms with E-state index in [-0.39, 0.29) is 5.69 Å². The molecule has 3 rings (SSSR count). The number of nitro benzene ring substituents is 1. The average molecular weight is 395 g/mol. The Labute approximate surface area is 167 Å². The summed E-state index contributed by atoms with van der Waals surface area (Å²) in [6.07, 6.45) is 0. The van der Waals surface area contributed by atoms with Gasteiger partial charge in [-0.15, -0.1) is 0 Å². The predicted octanol–water partition coefficient (Wildman–Crippen LogP) is 3.54. The molecule has 2 aromatic carbocycles. The van der Waals surface area contributed by atoms with Crippen molar-refractivity contribution in [2.45, 2.75) is 13.5 Å². The SMILES string of the molecule is COc1cccc(Cn2c(-c3ccc([N+](=O)[O-])cc3)cc(C(N)=O)c2C)c1OC. The van der Waals surface area contributed by atoms with Gasteiger partial charge in [-0.3, -0.25) is 14.9 Å². The van der Waals surface area contributed by atoms with Gasteiger partial charge in [0.1, 0.15) is 0 Å². The first-order valence-corrected chi connectivity index (χ1v) is 8.82. The molecule has 0 aliphatic carbocycles. The van der Waals surface area contributed by atoms with Crippen molar-refractivity contribution in [3.05, 3.63) is 75.5 Å². The van der Waals surface area contributed by atoms with Crippen LogP contribution in [0.5, 0.6) is 11.5 Å². The molecule has 1 aromatic heterocycles. The van der Waals surface area contributed by atoms with Crippen LogP contribution in [0.4, 0.5) is 5.69 Å². The Morgan fingerprint density at radius 1 is 1.14 bits per heavy atom. The highest BCUT2D eigenvalue weighted by Gasteiger charge is 2.19. The highest BCUT2D eigenvalue weighted by molar-refractivity contribution is 5.95. The van der Waals surface area contributed by atoms with Gasteiger partial charge in [0.05, 0.1) is 31.3 Å². The lowest BCUT2D eigenvalue weighted by Crippen LogP contribution is -2.13. The van der Waals surface area contributed by atoms with Crippen molar-refractivity contribution in [3.8, 4) is 22.8 Å². The molecule has 0 aliphatic rings. The largest absolute Gasteiger partial charge is 0.493 e. The minimum Gasteiger partial charge on any atom is -0.493 e. The van der Waals surface area contributed by atoms with Crippen LogP contribution in [0.1, 0.15) is 21.6 Å². The number of ether oxygens (including phenoxy) is 2. The normalized spacial score (nSPS) is 10.6. The van der Waals surface area contributed by atoms with E-state index in [9.17, 15) is 14.9 Å². The third-order valence-corrected chi connectivity index (χ3v) is 4.82. The van der Waals surface area contributed by atoms with Crippen LogP contribution in [-0.2, 0) is 6.54 Å². The summed E-state index contributed by atoms with van der Waals surface area (Å²) in [5.74, 6) is 0.655. The summed E-state index contributed by atoms with van der Waals surface area (Å²) in [5.41, 5.74) is 8.92. The van der Waals surface area contributed by atoms with Crippen molar-refractivity contribution in [2.24, 2.45) is 5.73 Å². The van der Waals surface area contributed by atoms with Crippen molar-refractivity contribution >= 4 is 11.6 Å². The molecule has 0 aliphatic heterocycles. The standard InChI is InChI=1S/C21H21N3O5/c1-13-17(21(22)25)11-18(14-7-9-16(10-8-14)24(26)27)23(13)12-15-5-4-6-19(28-2)20(15)29-3/h4-11H,12H2,1-3H3,(H2,22,25). The lowest BCUT2D eigenvalue weighted by molar-refractivity contribution is -0.384. The lowest BCUT2D eigenvalue weighted by atomic mass is 10.1. The predicted molar refractivity (Wildman–Crippen MR) is 108 cm³/mol. The van der Waals surface area contributed by atoms with E-state index in [0.29, 0.717) is 29.3 Å². The van der Waals surface area contributed by atoms with Crippen LogP contribution in [-0.4, -0.2) is 29.6 Å². The van der Waals surface area contributed by atoms with Gasteiger partial charge in [-0.1, -0.05) is 12.1 Å². The van der Waals surface area contributed by atoms with Crippen LogP contribution in [0.3, 0.4) is 0 Å². The number of primary amides is 1. The number of aromatic nitrogens is 1. The van der Waals surface area contributed by atoms with Crippen LogP contribution in [0, 0.1) is 17.0 Å². The zero-order chi connectivity index (χ0) is 21.1. The van der Waals surface area contributed by atoms with Gasteiger partial charge in [-0.2, -0.15) is 0 Å². The summed E-state index contributed by atoms with van der Waals surface area (Å²) < 4.78 is 12.8. The third kappa shape index (κ3) is 3.77. The molecule has 0 saturated heterocycles. The summed E-state index contributed by atoms with van der Waals surface area (Å²) >= 11 is 0.